The summed E-state index contributed by atoms with van der Waals surface area (Å²) in [7, 11) is 0. The number of nitrogens with one attached hydrogen (secondary N) is 3. The van der Waals surface area contributed by atoms with Crippen molar-refractivity contribution in [3.8, 4) is 0 Å². The van der Waals surface area contributed by atoms with Gasteiger partial charge in [0.1, 0.15) is 0 Å². The summed E-state index contributed by atoms with van der Waals surface area (Å²) in [6.45, 7) is 2.36. The summed E-state index contributed by atoms with van der Waals surface area (Å²) in [5, 5.41) is 7.65. The van der Waals surface area contributed by atoms with E-state index in [0.29, 0.717) is 12.2 Å². The van der Waals surface area contributed by atoms with Crippen LogP contribution in [-0.4, -0.2) is 25.0 Å². The van der Waals surface area contributed by atoms with Crippen molar-refractivity contribution in [3.63, 3.8) is 0 Å². The van der Waals surface area contributed by atoms with Gasteiger partial charge in [0.2, 0.25) is 5.91 Å². The number of benzene rings is 1. The van der Waals surface area contributed by atoms with E-state index in [9.17, 15) is 9.59 Å². The van der Waals surface area contributed by atoms with Gasteiger partial charge in [0, 0.05) is 12.2 Å². The molecule has 0 spiro atoms. The summed E-state index contributed by atoms with van der Waals surface area (Å²) in [6.07, 6.45) is 0. The van der Waals surface area contributed by atoms with Crippen molar-refractivity contribution < 1.29 is 9.59 Å². The highest BCUT2D eigenvalue weighted by Gasteiger charge is 2.03. The van der Waals surface area contributed by atoms with Crippen LogP contribution < -0.4 is 16.0 Å². The SMILES string of the molecule is CCNC(=O)CNC(=O)Nc1ccccc1. The first-order valence-corrected chi connectivity index (χ1v) is 5.09. The van der Waals surface area contributed by atoms with Crippen LogP contribution in [-0.2, 0) is 4.79 Å². The summed E-state index contributed by atoms with van der Waals surface area (Å²) in [6, 6.07) is 8.64. The Kier molecular flexibility index (Phi) is 4.85. The fourth-order valence-corrected chi connectivity index (χ4v) is 1.12. The molecule has 0 aromatic heterocycles. The van der Waals surface area contributed by atoms with E-state index in [-0.39, 0.29) is 12.5 Å². The number of para-hydroxylation sites is 1. The van der Waals surface area contributed by atoms with Crippen molar-refractivity contribution in [2.75, 3.05) is 18.4 Å². The topological polar surface area (TPSA) is 70.2 Å². The molecule has 0 unspecified atom stereocenters. The van der Waals surface area contributed by atoms with E-state index in [2.05, 4.69) is 16.0 Å². The van der Waals surface area contributed by atoms with Crippen LogP contribution in [0.25, 0.3) is 0 Å². The van der Waals surface area contributed by atoms with Gasteiger partial charge in [-0.1, -0.05) is 18.2 Å². The summed E-state index contributed by atoms with van der Waals surface area (Å²) in [5.41, 5.74) is 0.691. The zero-order chi connectivity index (χ0) is 11.8. The molecule has 0 saturated carbocycles. The molecule has 0 aliphatic heterocycles. The molecule has 0 bridgehead atoms. The molecule has 5 heteroatoms. The predicted molar refractivity (Wildman–Crippen MR) is 62.1 cm³/mol. The summed E-state index contributed by atoms with van der Waals surface area (Å²) in [5.74, 6) is -0.203. The number of carbonyl (C=O) groups is 2. The molecule has 0 aliphatic carbocycles. The van der Waals surface area contributed by atoms with Crippen LogP contribution in [0.1, 0.15) is 6.92 Å². The second-order valence-corrected chi connectivity index (χ2v) is 3.13. The molecule has 3 N–H and O–H groups in total. The molecule has 0 saturated heterocycles. The largest absolute Gasteiger partial charge is 0.355 e. The zero-order valence-electron chi connectivity index (χ0n) is 9.12. The van der Waals surface area contributed by atoms with Gasteiger partial charge < -0.3 is 16.0 Å². The molecule has 5 nitrogen and oxygen atoms in total. The van der Waals surface area contributed by atoms with Crippen LogP contribution in [0.2, 0.25) is 0 Å². The van der Waals surface area contributed by atoms with E-state index < -0.39 is 6.03 Å². The van der Waals surface area contributed by atoms with Crippen LogP contribution in [0.3, 0.4) is 0 Å². The molecule has 86 valence electrons. The highest BCUT2D eigenvalue weighted by molar-refractivity contribution is 5.92. The van der Waals surface area contributed by atoms with Crippen molar-refractivity contribution in [2.24, 2.45) is 0 Å². The number of hydrogen-bond acceptors (Lipinski definition) is 2. The highest BCUT2D eigenvalue weighted by Crippen LogP contribution is 2.03. The maximum Gasteiger partial charge on any atom is 0.319 e. The molecule has 0 aliphatic rings. The Morgan fingerprint density at radius 1 is 1.12 bits per heavy atom. The minimum atomic E-state index is -0.391. The Hall–Kier alpha value is -2.04. The summed E-state index contributed by atoms with van der Waals surface area (Å²) in [4.78, 5) is 22.4. The smallest absolute Gasteiger partial charge is 0.319 e. The molecule has 1 aromatic carbocycles. The Morgan fingerprint density at radius 2 is 1.81 bits per heavy atom. The third-order valence-electron chi connectivity index (χ3n) is 1.82. The number of rotatable bonds is 4. The quantitative estimate of drug-likeness (QED) is 0.708. The van der Waals surface area contributed by atoms with E-state index in [0.717, 1.165) is 0 Å². The van der Waals surface area contributed by atoms with E-state index in [1.807, 2.05) is 25.1 Å². The Balaban J connectivity index is 2.29. The fraction of sp³-hybridized carbons (Fsp3) is 0.273. The van der Waals surface area contributed by atoms with Crippen LogP contribution >= 0.6 is 0 Å². The number of likely N-dealkylation sites (N-methyl/N-ethyl adjacent to an activating group) is 1. The molecule has 1 aromatic rings. The van der Waals surface area contributed by atoms with Gasteiger partial charge in [0.15, 0.2) is 0 Å². The summed E-state index contributed by atoms with van der Waals surface area (Å²) >= 11 is 0. The lowest BCUT2D eigenvalue weighted by Gasteiger charge is -2.07. The lowest BCUT2D eigenvalue weighted by molar-refractivity contribution is -0.119. The minimum Gasteiger partial charge on any atom is -0.355 e. The van der Waals surface area contributed by atoms with Gasteiger partial charge in [0.05, 0.1) is 6.54 Å². The van der Waals surface area contributed by atoms with Crippen molar-refractivity contribution in [1.29, 1.82) is 0 Å². The molecular weight excluding hydrogens is 206 g/mol. The maximum atomic E-state index is 11.3. The van der Waals surface area contributed by atoms with E-state index in [1.54, 1.807) is 12.1 Å². The van der Waals surface area contributed by atoms with Gasteiger partial charge >= 0.3 is 6.03 Å². The average molecular weight is 221 g/mol. The van der Waals surface area contributed by atoms with Gasteiger partial charge in [-0.3, -0.25) is 4.79 Å². The number of carbonyl (C=O) groups excluding carboxylic acids is 2. The molecule has 1 rings (SSSR count). The Labute approximate surface area is 94.2 Å². The van der Waals surface area contributed by atoms with E-state index in [1.165, 1.54) is 0 Å². The van der Waals surface area contributed by atoms with Gasteiger partial charge in [-0.15, -0.1) is 0 Å². The molecule has 0 radical (unpaired) electrons. The Bertz CT molecular complexity index is 352. The lowest BCUT2D eigenvalue weighted by Crippen LogP contribution is -2.38. The number of anilines is 1. The van der Waals surface area contributed by atoms with Crippen molar-refractivity contribution >= 4 is 17.6 Å². The monoisotopic (exact) mass is 221 g/mol. The van der Waals surface area contributed by atoms with Crippen LogP contribution in [0, 0.1) is 0 Å². The second kappa shape index (κ2) is 6.44. The molecule has 16 heavy (non-hydrogen) atoms. The molecule has 0 atom stereocenters. The van der Waals surface area contributed by atoms with Gasteiger partial charge in [-0.25, -0.2) is 4.79 Å². The van der Waals surface area contributed by atoms with Crippen LogP contribution in [0.15, 0.2) is 30.3 Å². The zero-order valence-corrected chi connectivity index (χ0v) is 9.12. The maximum absolute atomic E-state index is 11.3. The van der Waals surface area contributed by atoms with E-state index >= 15 is 0 Å². The number of urea groups is 1. The van der Waals surface area contributed by atoms with Gasteiger partial charge in [-0.2, -0.15) is 0 Å². The molecule has 0 heterocycles. The normalized spacial score (nSPS) is 9.31. The third-order valence-corrected chi connectivity index (χ3v) is 1.82. The first-order valence-electron chi connectivity index (χ1n) is 5.09. The van der Waals surface area contributed by atoms with Gasteiger partial charge in [-0.05, 0) is 19.1 Å². The lowest BCUT2D eigenvalue weighted by atomic mass is 10.3. The number of amides is 3. The van der Waals surface area contributed by atoms with Crippen LogP contribution in [0.5, 0.6) is 0 Å². The summed E-state index contributed by atoms with van der Waals surface area (Å²) < 4.78 is 0. The number of hydrogen-bond donors (Lipinski definition) is 3. The third kappa shape index (κ3) is 4.45. The first-order chi connectivity index (χ1) is 7.72. The first kappa shape index (κ1) is 12.0. The predicted octanol–water partition coefficient (Wildman–Crippen LogP) is 0.944. The van der Waals surface area contributed by atoms with Crippen molar-refractivity contribution in [2.45, 2.75) is 6.92 Å². The van der Waals surface area contributed by atoms with Gasteiger partial charge in [0.25, 0.3) is 0 Å². The molecule has 3 amide bonds. The Morgan fingerprint density at radius 3 is 2.44 bits per heavy atom. The molecular formula is C11H15N3O2. The van der Waals surface area contributed by atoms with E-state index in [4.69, 9.17) is 0 Å². The minimum absolute atomic E-state index is 0.0213. The average Bonchev–Trinajstić information content (AvgIpc) is 2.28. The molecule has 0 fully saturated rings. The second-order valence-electron chi connectivity index (χ2n) is 3.13. The van der Waals surface area contributed by atoms with Crippen LogP contribution in [0.4, 0.5) is 10.5 Å². The van der Waals surface area contributed by atoms with Crippen molar-refractivity contribution in [3.05, 3.63) is 30.3 Å². The highest BCUT2D eigenvalue weighted by atomic mass is 16.2. The standard InChI is InChI=1S/C11H15N3O2/c1-2-12-10(15)8-13-11(16)14-9-6-4-3-5-7-9/h3-7H,2,8H2,1H3,(H,12,15)(H2,13,14,16). The fourth-order valence-electron chi connectivity index (χ4n) is 1.12. The van der Waals surface area contributed by atoms with Crippen molar-refractivity contribution in [1.82, 2.24) is 10.6 Å².